The van der Waals surface area contributed by atoms with Gasteiger partial charge in [-0.1, -0.05) is 206 Å². The lowest BCUT2D eigenvalue weighted by molar-refractivity contribution is 0.670. The summed E-state index contributed by atoms with van der Waals surface area (Å²) in [5.74, 6) is 0. The molecule has 282 valence electrons. The van der Waals surface area contributed by atoms with Gasteiger partial charge < -0.3 is 9.32 Å². The second-order valence-electron chi connectivity index (χ2n) is 15.2. The maximum absolute atomic E-state index is 7.07. The minimum absolute atomic E-state index is 0.841. The van der Waals surface area contributed by atoms with Gasteiger partial charge in [-0.15, -0.1) is 0 Å². The van der Waals surface area contributed by atoms with Crippen LogP contribution in [0.4, 0.5) is 17.1 Å². The molecule has 1 heterocycles. The molecule has 0 radical (unpaired) electrons. The number of para-hydroxylation sites is 2. The van der Waals surface area contributed by atoms with Gasteiger partial charge in [0, 0.05) is 27.7 Å². The number of fused-ring (bicyclic) bond motifs is 4. The van der Waals surface area contributed by atoms with Crippen molar-refractivity contribution < 1.29 is 4.42 Å². The summed E-state index contributed by atoms with van der Waals surface area (Å²) in [5.41, 5.74) is 16.4. The summed E-state index contributed by atoms with van der Waals surface area (Å²) < 4.78 is 7.07. The minimum Gasteiger partial charge on any atom is -0.453 e. The molecule has 11 rings (SSSR count). The van der Waals surface area contributed by atoms with E-state index in [4.69, 9.17) is 4.42 Å². The van der Waals surface area contributed by atoms with E-state index in [1.54, 1.807) is 0 Å². The van der Waals surface area contributed by atoms with Crippen LogP contribution >= 0.6 is 0 Å². The summed E-state index contributed by atoms with van der Waals surface area (Å²) in [6.07, 6.45) is 0. The summed E-state index contributed by atoms with van der Waals surface area (Å²) in [6, 6.07) is 84.7. The van der Waals surface area contributed by atoms with Crippen LogP contribution in [0.25, 0.3) is 88.3 Å². The van der Waals surface area contributed by atoms with Crippen LogP contribution in [0.15, 0.2) is 241 Å². The Morgan fingerprint density at radius 3 is 1.45 bits per heavy atom. The molecule has 0 N–H and O–H groups in total. The van der Waals surface area contributed by atoms with Crippen molar-refractivity contribution in [1.82, 2.24) is 0 Å². The van der Waals surface area contributed by atoms with Gasteiger partial charge in [0.25, 0.3) is 0 Å². The summed E-state index contributed by atoms with van der Waals surface area (Å²) in [5, 5.41) is 4.62. The number of benzene rings is 10. The Hall–Kier alpha value is -7.94. The average Bonchev–Trinajstić information content (AvgIpc) is 3.72. The standard InChI is InChI=1S/C58H39NO/c1-5-17-40(18-6-1)48-38-36-47(39-54(48)43-23-11-4-12-24-43)59(55-30-16-29-53-52-28-15-27-51(57(52)60-58(53)55)42-21-9-3-10-22-42)46-34-31-45(32-35-46)56-49-26-14-13-25-44(49)33-37-50(56)41-19-7-2-8-20-41/h1-39H. The molecule has 0 fully saturated rings. The Morgan fingerprint density at radius 1 is 0.283 bits per heavy atom. The topological polar surface area (TPSA) is 16.4 Å². The van der Waals surface area contributed by atoms with Gasteiger partial charge in [0.05, 0.1) is 5.69 Å². The molecule has 0 aliphatic carbocycles. The summed E-state index contributed by atoms with van der Waals surface area (Å²) in [7, 11) is 0. The van der Waals surface area contributed by atoms with Crippen molar-refractivity contribution >= 4 is 49.8 Å². The number of hydrogen-bond acceptors (Lipinski definition) is 2. The van der Waals surface area contributed by atoms with Gasteiger partial charge in [-0.3, -0.25) is 0 Å². The zero-order chi connectivity index (χ0) is 39.8. The second-order valence-corrected chi connectivity index (χ2v) is 15.2. The quantitative estimate of drug-likeness (QED) is 0.153. The van der Waals surface area contributed by atoms with Crippen molar-refractivity contribution in [3.8, 4) is 55.6 Å². The zero-order valence-electron chi connectivity index (χ0n) is 32.9. The van der Waals surface area contributed by atoms with Gasteiger partial charge in [0.1, 0.15) is 5.58 Å². The summed E-state index contributed by atoms with van der Waals surface area (Å²) in [6.45, 7) is 0. The normalized spacial score (nSPS) is 11.3. The highest BCUT2D eigenvalue weighted by molar-refractivity contribution is 6.14. The van der Waals surface area contributed by atoms with E-state index in [9.17, 15) is 0 Å². The van der Waals surface area contributed by atoms with Crippen molar-refractivity contribution in [2.24, 2.45) is 0 Å². The first-order valence-corrected chi connectivity index (χ1v) is 20.5. The monoisotopic (exact) mass is 765 g/mol. The van der Waals surface area contributed by atoms with Crippen LogP contribution in [-0.4, -0.2) is 0 Å². The van der Waals surface area contributed by atoms with E-state index in [-0.39, 0.29) is 0 Å². The van der Waals surface area contributed by atoms with Crippen molar-refractivity contribution in [2.45, 2.75) is 0 Å². The number of rotatable bonds is 8. The highest BCUT2D eigenvalue weighted by atomic mass is 16.3. The fraction of sp³-hybridized carbons (Fsp3) is 0. The van der Waals surface area contributed by atoms with E-state index < -0.39 is 0 Å². The average molecular weight is 766 g/mol. The molecular weight excluding hydrogens is 727 g/mol. The third-order valence-electron chi connectivity index (χ3n) is 11.7. The van der Waals surface area contributed by atoms with Gasteiger partial charge in [0.2, 0.25) is 0 Å². The van der Waals surface area contributed by atoms with Crippen molar-refractivity contribution in [3.63, 3.8) is 0 Å². The van der Waals surface area contributed by atoms with Crippen LogP contribution in [0.1, 0.15) is 0 Å². The van der Waals surface area contributed by atoms with E-state index in [1.165, 1.54) is 38.6 Å². The fourth-order valence-electron chi connectivity index (χ4n) is 8.87. The van der Waals surface area contributed by atoms with Crippen molar-refractivity contribution in [2.75, 3.05) is 4.90 Å². The van der Waals surface area contributed by atoms with Gasteiger partial charge in [-0.2, -0.15) is 0 Å². The molecule has 0 saturated carbocycles. The van der Waals surface area contributed by atoms with Gasteiger partial charge >= 0.3 is 0 Å². The predicted molar refractivity (Wildman–Crippen MR) is 253 cm³/mol. The number of nitrogens with zero attached hydrogens (tertiary/aromatic N) is 1. The third-order valence-corrected chi connectivity index (χ3v) is 11.7. The molecule has 2 heteroatoms. The predicted octanol–water partition coefficient (Wildman–Crippen LogP) is 16.5. The molecule has 0 aliphatic heterocycles. The zero-order valence-corrected chi connectivity index (χ0v) is 32.9. The lowest BCUT2D eigenvalue weighted by atomic mass is 9.89. The molecule has 0 bridgehead atoms. The smallest absolute Gasteiger partial charge is 0.159 e. The Labute approximate surface area is 349 Å². The second kappa shape index (κ2) is 15.1. The lowest BCUT2D eigenvalue weighted by Crippen LogP contribution is -2.10. The first-order chi connectivity index (χ1) is 29.8. The molecule has 0 spiro atoms. The minimum atomic E-state index is 0.841. The van der Waals surface area contributed by atoms with Crippen molar-refractivity contribution in [1.29, 1.82) is 0 Å². The molecule has 1 aromatic heterocycles. The van der Waals surface area contributed by atoms with Gasteiger partial charge in [0.15, 0.2) is 5.58 Å². The largest absolute Gasteiger partial charge is 0.453 e. The maximum atomic E-state index is 7.07. The Morgan fingerprint density at radius 2 is 0.783 bits per heavy atom. The first kappa shape index (κ1) is 35.2. The molecule has 0 unspecified atom stereocenters. The molecular formula is C58H39NO. The van der Waals surface area contributed by atoms with Crippen molar-refractivity contribution in [3.05, 3.63) is 237 Å². The van der Waals surface area contributed by atoms with Crippen LogP contribution in [0.3, 0.4) is 0 Å². The number of anilines is 3. The molecule has 0 saturated heterocycles. The summed E-state index contributed by atoms with van der Waals surface area (Å²) >= 11 is 0. The van der Waals surface area contributed by atoms with Gasteiger partial charge in [-0.25, -0.2) is 0 Å². The Balaban J connectivity index is 1.14. The van der Waals surface area contributed by atoms with E-state index >= 15 is 0 Å². The maximum Gasteiger partial charge on any atom is 0.159 e. The van der Waals surface area contributed by atoms with E-state index in [1.807, 2.05) is 0 Å². The highest BCUT2D eigenvalue weighted by Crippen LogP contribution is 2.47. The molecule has 2 nitrogen and oxygen atoms in total. The van der Waals surface area contributed by atoms with E-state index in [0.29, 0.717) is 0 Å². The molecule has 10 aromatic carbocycles. The van der Waals surface area contributed by atoms with E-state index in [0.717, 1.165) is 66.8 Å². The lowest BCUT2D eigenvalue weighted by Gasteiger charge is -2.27. The van der Waals surface area contributed by atoms with Crippen LogP contribution in [-0.2, 0) is 0 Å². The molecule has 11 aromatic rings. The van der Waals surface area contributed by atoms with Gasteiger partial charge in [-0.05, 0) is 91.2 Å². The highest BCUT2D eigenvalue weighted by Gasteiger charge is 2.23. The molecule has 60 heavy (non-hydrogen) atoms. The molecule has 0 atom stereocenters. The molecule has 0 amide bonds. The summed E-state index contributed by atoms with van der Waals surface area (Å²) in [4.78, 5) is 2.36. The first-order valence-electron chi connectivity index (χ1n) is 20.5. The SMILES string of the molecule is c1ccc(-c2ccc(N(c3ccc(-c4c(-c5ccccc5)ccc5ccccc45)cc3)c3cccc4c3oc3c(-c5ccccc5)cccc34)cc2-c2ccccc2)cc1. The Bertz CT molecular complexity index is 3280. The van der Waals surface area contributed by atoms with Crippen LogP contribution in [0.2, 0.25) is 0 Å². The van der Waals surface area contributed by atoms with Crippen LogP contribution in [0, 0.1) is 0 Å². The Kier molecular flexibility index (Phi) is 8.87. The number of hydrogen-bond donors (Lipinski definition) is 0. The van der Waals surface area contributed by atoms with Crippen LogP contribution < -0.4 is 4.90 Å². The van der Waals surface area contributed by atoms with Crippen LogP contribution in [0.5, 0.6) is 0 Å². The molecule has 0 aliphatic rings. The number of furan rings is 1. The third kappa shape index (κ3) is 6.23. The fourth-order valence-corrected chi connectivity index (χ4v) is 8.87. The van der Waals surface area contributed by atoms with E-state index in [2.05, 4.69) is 241 Å².